The number of hydrogen-bond acceptors (Lipinski definition) is 2. The molecule has 3 N–H and O–H groups in total. The minimum atomic E-state index is -0.212. The van der Waals surface area contributed by atoms with Gasteiger partial charge < -0.3 is 11.1 Å². The van der Waals surface area contributed by atoms with Crippen molar-refractivity contribution in [3.63, 3.8) is 0 Å². The van der Waals surface area contributed by atoms with Crippen LogP contribution in [0.3, 0.4) is 0 Å². The van der Waals surface area contributed by atoms with Gasteiger partial charge in [-0.3, -0.25) is 4.99 Å². The van der Waals surface area contributed by atoms with Crippen LogP contribution in [0.1, 0.15) is 20.8 Å². The first-order chi connectivity index (χ1) is 8.37. The number of nitrogens with two attached hydrogens (primary N) is 1. The van der Waals surface area contributed by atoms with Crippen LogP contribution in [0.25, 0.3) is 0 Å². The van der Waals surface area contributed by atoms with Gasteiger partial charge in [0.25, 0.3) is 0 Å². The van der Waals surface area contributed by atoms with E-state index in [0.29, 0.717) is 12.5 Å². The predicted octanol–water partition coefficient (Wildman–Crippen LogP) is 2.62. The van der Waals surface area contributed by atoms with Crippen LogP contribution in [0, 0.1) is 5.82 Å². The molecule has 100 valence electrons. The molecular formula is C13H20FN3S. The second-order valence-electron chi connectivity index (χ2n) is 4.94. The molecule has 0 heterocycles. The molecule has 0 amide bonds. The summed E-state index contributed by atoms with van der Waals surface area (Å²) in [5.41, 5.74) is 5.67. The van der Waals surface area contributed by atoms with E-state index in [9.17, 15) is 4.39 Å². The Bertz CT molecular complexity index is 396. The first-order valence-corrected chi connectivity index (χ1v) is 6.82. The van der Waals surface area contributed by atoms with E-state index in [0.717, 1.165) is 10.6 Å². The van der Waals surface area contributed by atoms with Crippen LogP contribution < -0.4 is 11.1 Å². The molecule has 0 aliphatic carbocycles. The molecule has 0 aliphatic heterocycles. The Labute approximate surface area is 112 Å². The number of nitrogens with zero attached hydrogens (tertiary/aromatic N) is 1. The van der Waals surface area contributed by atoms with Crippen molar-refractivity contribution in [3.8, 4) is 0 Å². The number of halogens is 1. The van der Waals surface area contributed by atoms with E-state index in [1.54, 1.807) is 23.9 Å². The SMILES string of the molecule is CC(C)(C)NC(N)=NCCSc1ccc(F)cc1. The molecule has 0 unspecified atom stereocenters. The van der Waals surface area contributed by atoms with Crippen molar-refractivity contribution >= 4 is 17.7 Å². The van der Waals surface area contributed by atoms with Gasteiger partial charge in [-0.05, 0) is 45.0 Å². The second kappa shape index (κ2) is 6.64. The highest BCUT2D eigenvalue weighted by molar-refractivity contribution is 7.99. The third kappa shape index (κ3) is 6.49. The van der Waals surface area contributed by atoms with Crippen LogP contribution in [0.4, 0.5) is 4.39 Å². The molecule has 0 aliphatic rings. The van der Waals surface area contributed by atoms with Crippen molar-refractivity contribution in [2.24, 2.45) is 10.7 Å². The number of hydrogen-bond donors (Lipinski definition) is 2. The number of benzene rings is 1. The van der Waals surface area contributed by atoms with Crippen LogP contribution in [0.5, 0.6) is 0 Å². The average Bonchev–Trinajstić information content (AvgIpc) is 2.24. The van der Waals surface area contributed by atoms with Crippen LogP contribution in [0.2, 0.25) is 0 Å². The molecule has 0 saturated carbocycles. The molecule has 1 aromatic carbocycles. The summed E-state index contributed by atoms with van der Waals surface area (Å²) in [4.78, 5) is 5.27. The van der Waals surface area contributed by atoms with E-state index in [-0.39, 0.29) is 11.4 Å². The summed E-state index contributed by atoms with van der Waals surface area (Å²) in [6.07, 6.45) is 0. The number of rotatable bonds is 4. The van der Waals surface area contributed by atoms with Gasteiger partial charge in [-0.2, -0.15) is 0 Å². The van der Waals surface area contributed by atoms with E-state index < -0.39 is 0 Å². The smallest absolute Gasteiger partial charge is 0.189 e. The first kappa shape index (κ1) is 14.8. The van der Waals surface area contributed by atoms with Crippen molar-refractivity contribution in [3.05, 3.63) is 30.1 Å². The lowest BCUT2D eigenvalue weighted by Crippen LogP contribution is -2.45. The monoisotopic (exact) mass is 269 g/mol. The number of nitrogens with one attached hydrogen (secondary N) is 1. The summed E-state index contributed by atoms with van der Waals surface area (Å²) in [5, 5.41) is 3.09. The Hall–Kier alpha value is -1.23. The summed E-state index contributed by atoms with van der Waals surface area (Å²) in [6, 6.07) is 6.45. The van der Waals surface area contributed by atoms with Crippen LogP contribution in [-0.4, -0.2) is 23.8 Å². The maximum Gasteiger partial charge on any atom is 0.189 e. The predicted molar refractivity (Wildman–Crippen MR) is 76.5 cm³/mol. The van der Waals surface area contributed by atoms with Gasteiger partial charge in [0.15, 0.2) is 5.96 Å². The standard InChI is InChI=1S/C13H20FN3S/c1-13(2,3)17-12(15)16-8-9-18-11-6-4-10(14)5-7-11/h4-7H,8-9H2,1-3H3,(H3,15,16,17). The largest absolute Gasteiger partial charge is 0.370 e. The van der Waals surface area contributed by atoms with Gasteiger partial charge in [-0.25, -0.2) is 4.39 Å². The zero-order valence-electron chi connectivity index (χ0n) is 11.0. The molecule has 1 rings (SSSR count). The maximum atomic E-state index is 12.7. The van der Waals surface area contributed by atoms with E-state index in [2.05, 4.69) is 10.3 Å². The van der Waals surface area contributed by atoms with Crippen molar-refractivity contribution in [2.45, 2.75) is 31.2 Å². The molecule has 0 atom stereocenters. The summed E-state index contributed by atoms with van der Waals surface area (Å²) in [6.45, 7) is 6.73. The van der Waals surface area contributed by atoms with Gasteiger partial charge in [0, 0.05) is 16.2 Å². The fourth-order valence-electron chi connectivity index (χ4n) is 1.28. The lowest BCUT2D eigenvalue weighted by molar-refractivity contribution is 0.508. The van der Waals surface area contributed by atoms with E-state index in [1.165, 1.54) is 12.1 Å². The Kier molecular flexibility index (Phi) is 5.47. The maximum absolute atomic E-state index is 12.7. The molecule has 18 heavy (non-hydrogen) atoms. The fourth-order valence-corrected chi connectivity index (χ4v) is 2.03. The summed E-state index contributed by atoms with van der Waals surface area (Å²) in [7, 11) is 0. The molecule has 0 aromatic heterocycles. The normalized spacial score (nSPS) is 12.6. The Morgan fingerprint density at radius 3 is 2.50 bits per heavy atom. The van der Waals surface area contributed by atoms with Crippen LogP contribution in [0.15, 0.2) is 34.2 Å². The molecule has 0 radical (unpaired) electrons. The lowest BCUT2D eigenvalue weighted by Gasteiger charge is -2.20. The summed E-state index contributed by atoms with van der Waals surface area (Å²) in [5.74, 6) is 1.07. The van der Waals surface area contributed by atoms with Crippen molar-refractivity contribution in [1.29, 1.82) is 0 Å². The van der Waals surface area contributed by atoms with Gasteiger partial charge in [0.2, 0.25) is 0 Å². The lowest BCUT2D eigenvalue weighted by atomic mass is 10.1. The van der Waals surface area contributed by atoms with Crippen molar-refractivity contribution < 1.29 is 4.39 Å². The van der Waals surface area contributed by atoms with Crippen molar-refractivity contribution in [2.75, 3.05) is 12.3 Å². The van der Waals surface area contributed by atoms with E-state index >= 15 is 0 Å². The van der Waals surface area contributed by atoms with Gasteiger partial charge >= 0.3 is 0 Å². The summed E-state index contributed by atoms with van der Waals surface area (Å²) >= 11 is 1.63. The van der Waals surface area contributed by atoms with Crippen LogP contribution in [-0.2, 0) is 0 Å². The van der Waals surface area contributed by atoms with Gasteiger partial charge in [0.05, 0.1) is 6.54 Å². The second-order valence-corrected chi connectivity index (χ2v) is 6.11. The fraction of sp³-hybridized carbons (Fsp3) is 0.462. The van der Waals surface area contributed by atoms with Gasteiger partial charge in [0.1, 0.15) is 5.82 Å². The number of guanidine groups is 1. The van der Waals surface area contributed by atoms with E-state index in [4.69, 9.17) is 5.73 Å². The molecule has 1 aromatic rings. The minimum Gasteiger partial charge on any atom is -0.370 e. The Balaban J connectivity index is 2.30. The van der Waals surface area contributed by atoms with E-state index in [1.807, 2.05) is 20.8 Å². The minimum absolute atomic E-state index is 0.0717. The third-order valence-corrected chi connectivity index (χ3v) is 2.95. The molecule has 0 spiro atoms. The zero-order valence-corrected chi connectivity index (χ0v) is 11.9. The number of thioether (sulfide) groups is 1. The zero-order chi connectivity index (χ0) is 13.6. The summed E-state index contributed by atoms with van der Waals surface area (Å²) < 4.78 is 12.7. The highest BCUT2D eigenvalue weighted by Crippen LogP contribution is 2.17. The van der Waals surface area contributed by atoms with Crippen molar-refractivity contribution in [1.82, 2.24) is 5.32 Å². The van der Waals surface area contributed by atoms with Crippen LogP contribution >= 0.6 is 11.8 Å². The van der Waals surface area contributed by atoms with Gasteiger partial charge in [-0.1, -0.05) is 0 Å². The molecule has 0 fully saturated rings. The quantitative estimate of drug-likeness (QED) is 0.382. The number of aliphatic imine (C=N–C) groups is 1. The molecule has 5 heteroatoms. The van der Waals surface area contributed by atoms with Gasteiger partial charge in [-0.15, -0.1) is 11.8 Å². The first-order valence-electron chi connectivity index (χ1n) is 5.83. The Morgan fingerprint density at radius 1 is 1.33 bits per heavy atom. The molecule has 3 nitrogen and oxygen atoms in total. The Morgan fingerprint density at radius 2 is 1.94 bits per heavy atom. The molecule has 0 saturated heterocycles. The topological polar surface area (TPSA) is 50.4 Å². The highest BCUT2D eigenvalue weighted by Gasteiger charge is 2.09. The third-order valence-electron chi connectivity index (χ3n) is 1.96. The molecule has 0 bridgehead atoms. The highest BCUT2D eigenvalue weighted by atomic mass is 32.2. The average molecular weight is 269 g/mol. The molecular weight excluding hydrogens is 249 g/mol.